The first-order valence-electron chi connectivity index (χ1n) is 12.2. The van der Waals surface area contributed by atoms with Crippen molar-refractivity contribution < 1.29 is 7.65 Å². The Hall–Kier alpha value is -2.61. The average molecular weight is 436 g/mol. The number of hydrogen-bond donors (Lipinski definition) is 1. The van der Waals surface area contributed by atoms with Crippen LogP contribution in [0.2, 0.25) is 0 Å². The van der Waals surface area contributed by atoms with Gasteiger partial charge in [0.25, 0.3) is 0 Å². The molecule has 32 heavy (non-hydrogen) atoms. The monoisotopic (exact) mass is 435 g/mol. The van der Waals surface area contributed by atoms with Crippen molar-refractivity contribution in [1.29, 1.82) is 0 Å². The number of rotatable bonds is 4. The molecule has 1 heterocycles. The van der Waals surface area contributed by atoms with Crippen LogP contribution in [0.5, 0.6) is 0 Å². The van der Waals surface area contributed by atoms with E-state index in [9.17, 15) is 4.79 Å². The Kier molecular flexibility index (Phi) is 11.0. The van der Waals surface area contributed by atoms with Gasteiger partial charge in [0.1, 0.15) is 0 Å². The quantitative estimate of drug-likeness (QED) is 0.247. The van der Waals surface area contributed by atoms with E-state index in [1.165, 1.54) is 37.7 Å². The number of carbonyl (C=O) groups excluding carboxylic acids is 1. The molecule has 1 N–H and O–H groups in total. The fourth-order valence-electron chi connectivity index (χ4n) is 4.52. The second-order valence-corrected chi connectivity index (χ2v) is 9.36. The molecule has 1 fully saturated rings. The lowest BCUT2D eigenvalue weighted by Gasteiger charge is -2.14. The highest BCUT2D eigenvalue weighted by molar-refractivity contribution is 5.99. The van der Waals surface area contributed by atoms with Gasteiger partial charge < -0.3 is 4.98 Å². The van der Waals surface area contributed by atoms with Crippen molar-refractivity contribution in [2.45, 2.75) is 66.2 Å². The molecule has 2 heteroatoms. The van der Waals surface area contributed by atoms with Gasteiger partial charge in [0.15, 0.2) is 5.78 Å². The van der Waals surface area contributed by atoms with Crippen molar-refractivity contribution in [3.05, 3.63) is 84.6 Å². The highest BCUT2D eigenvalue weighted by Crippen LogP contribution is 2.32. The zero-order chi connectivity index (χ0) is 23.3. The van der Waals surface area contributed by atoms with Gasteiger partial charge in [0.05, 0.1) is 0 Å². The SMILES string of the molecule is C=CC[C@@H]1CC[C@H](C)C[C@H](C)C1.CCC(=O)c1ccc2cc[nH]c2c1.Cc1ccccc1.[HH].[HH]. The minimum absolute atomic E-state index is 0. The fraction of sp³-hybridized carbons (Fsp3) is 0.433. The summed E-state index contributed by atoms with van der Waals surface area (Å²) in [4.78, 5) is 14.5. The van der Waals surface area contributed by atoms with Crippen LogP contribution in [0.15, 0.2) is 73.4 Å². The number of aromatic amines is 1. The van der Waals surface area contributed by atoms with Crippen LogP contribution in [0.4, 0.5) is 0 Å². The molecule has 0 radical (unpaired) electrons. The molecule has 176 valence electrons. The van der Waals surface area contributed by atoms with Crippen LogP contribution < -0.4 is 0 Å². The molecular formula is C30H45NO. The summed E-state index contributed by atoms with van der Waals surface area (Å²) in [6.07, 6.45) is 11.5. The highest BCUT2D eigenvalue weighted by atomic mass is 16.1. The van der Waals surface area contributed by atoms with Crippen LogP contribution in [-0.2, 0) is 0 Å². The summed E-state index contributed by atoms with van der Waals surface area (Å²) < 4.78 is 0. The van der Waals surface area contributed by atoms with Crippen molar-refractivity contribution in [3.63, 3.8) is 0 Å². The number of H-pyrrole nitrogens is 1. The van der Waals surface area contributed by atoms with Crippen molar-refractivity contribution in [2.75, 3.05) is 0 Å². The summed E-state index contributed by atoms with van der Waals surface area (Å²) in [5, 5.41) is 1.15. The van der Waals surface area contributed by atoms with E-state index in [2.05, 4.69) is 50.5 Å². The second-order valence-electron chi connectivity index (χ2n) is 9.36. The van der Waals surface area contributed by atoms with E-state index in [1.54, 1.807) is 0 Å². The first-order valence-corrected chi connectivity index (χ1v) is 12.2. The number of aromatic nitrogens is 1. The van der Waals surface area contributed by atoms with Gasteiger partial charge in [-0.3, -0.25) is 4.79 Å². The third kappa shape index (κ3) is 8.86. The van der Waals surface area contributed by atoms with Crippen LogP contribution in [0.3, 0.4) is 0 Å². The number of aryl methyl sites for hydroxylation is 1. The summed E-state index contributed by atoms with van der Waals surface area (Å²) in [6, 6.07) is 18.0. The molecule has 2 nitrogen and oxygen atoms in total. The lowest BCUT2D eigenvalue weighted by molar-refractivity contribution is 0.0988. The minimum atomic E-state index is 0. The minimum Gasteiger partial charge on any atom is -0.361 e. The first-order chi connectivity index (χ1) is 15.4. The van der Waals surface area contributed by atoms with Gasteiger partial charge in [-0.2, -0.15) is 0 Å². The molecule has 3 aromatic rings. The van der Waals surface area contributed by atoms with Gasteiger partial charge >= 0.3 is 0 Å². The lowest BCUT2D eigenvalue weighted by Crippen LogP contribution is -2.02. The van der Waals surface area contributed by atoms with E-state index in [0.29, 0.717) is 6.42 Å². The smallest absolute Gasteiger partial charge is 0.162 e. The molecule has 1 aromatic heterocycles. The number of carbonyl (C=O) groups is 1. The maximum atomic E-state index is 11.4. The Labute approximate surface area is 198 Å². The molecule has 2 aromatic carbocycles. The van der Waals surface area contributed by atoms with Crippen LogP contribution in [0.25, 0.3) is 10.9 Å². The first kappa shape index (κ1) is 25.6. The Balaban J connectivity index is 0.000000486. The van der Waals surface area contributed by atoms with Gasteiger partial charge in [-0.05, 0) is 67.9 Å². The Morgan fingerprint density at radius 3 is 2.44 bits per heavy atom. The molecule has 0 bridgehead atoms. The molecule has 0 aliphatic heterocycles. The number of Topliss-reactive ketones (excluding diaryl/α,β-unsaturated/α-hetero) is 1. The topological polar surface area (TPSA) is 32.9 Å². The van der Waals surface area contributed by atoms with Gasteiger partial charge in [-0.1, -0.05) is 81.3 Å². The zero-order valence-electron chi connectivity index (χ0n) is 20.4. The molecule has 0 amide bonds. The zero-order valence-corrected chi connectivity index (χ0v) is 20.4. The third-order valence-corrected chi connectivity index (χ3v) is 6.25. The van der Waals surface area contributed by atoms with Gasteiger partial charge in [-0.15, -0.1) is 6.58 Å². The summed E-state index contributed by atoms with van der Waals surface area (Å²) in [6.45, 7) is 12.6. The van der Waals surface area contributed by atoms with Crippen LogP contribution in [-0.4, -0.2) is 10.8 Å². The van der Waals surface area contributed by atoms with E-state index < -0.39 is 0 Å². The predicted octanol–water partition coefficient (Wildman–Crippen LogP) is 9.27. The number of hydrogen-bond acceptors (Lipinski definition) is 1. The number of fused-ring (bicyclic) bond motifs is 1. The van der Waals surface area contributed by atoms with Gasteiger partial charge in [-0.25, -0.2) is 0 Å². The largest absolute Gasteiger partial charge is 0.361 e. The molecule has 4 rings (SSSR count). The lowest BCUT2D eigenvalue weighted by atomic mass is 9.92. The van der Waals surface area contributed by atoms with Crippen molar-refractivity contribution in [3.8, 4) is 0 Å². The van der Waals surface area contributed by atoms with E-state index in [0.717, 1.165) is 34.2 Å². The van der Waals surface area contributed by atoms with Crippen LogP contribution in [0, 0.1) is 24.7 Å². The van der Waals surface area contributed by atoms with E-state index in [1.807, 2.05) is 55.6 Å². The predicted molar refractivity (Wildman–Crippen MR) is 143 cm³/mol. The third-order valence-electron chi connectivity index (χ3n) is 6.25. The average Bonchev–Trinajstić information content (AvgIpc) is 3.20. The Morgan fingerprint density at radius 2 is 1.81 bits per heavy atom. The standard InChI is InChI=1S/C12H22.C11H11NO.C7H8.2H2/c1-4-5-12-7-6-10(2)8-11(3)9-12;1-2-11(13)9-4-3-8-5-6-12-10(8)7-9;1-7-5-3-2-4-6-7;;/h4,10-12H,1,5-9H2,2-3H3;3-7,12H,2H2,1H3;2-6H,1H3;2*1H/t10-,11-,12+;;;;/m0..../s1. The number of benzene rings is 2. The maximum absolute atomic E-state index is 11.4. The Morgan fingerprint density at radius 1 is 1.06 bits per heavy atom. The molecule has 3 atom stereocenters. The maximum Gasteiger partial charge on any atom is 0.162 e. The molecule has 0 saturated heterocycles. The van der Waals surface area contributed by atoms with E-state index in [4.69, 9.17) is 0 Å². The molecule has 0 spiro atoms. The summed E-state index contributed by atoms with van der Waals surface area (Å²) in [5.41, 5.74) is 3.14. The summed E-state index contributed by atoms with van der Waals surface area (Å²) in [5.74, 6) is 3.02. The van der Waals surface area contributed by atoms with E-state index in [-0.39, 0.29) is 8.64 Å². The molecular weight excluding hydrogens is 390 g/mol. The van der Waals surface area contributed by atoms with Crippen molar-refractivity contribution in [2.24, 2.45) is 17.8 Å². The van der Waals surface area contributed by atoms with Gasteiger partial charge in [0.2, 0.25) is 0 Å². The number of ketones is 1. The summed E-state index contributed by atoms with van der Waals surface area (Å²) >= 11 is 0. The normalized spacial score (nSPS) is 20.2. The molecule has 1 aliphatic carbocycles. The Bertz CT molecular complexity index is 951. The van der Waals surface area contributed by atoms with Crippen molar-refractivity contribution >= 4 is 16.7 Å². The number of allylic oxidation sites excluding steroid dienone is 1. The van der Waals surface area contributed by atoms with Gasteiger partial charge in [0, 0.05) is 26.6 Å². The summed E-state index contributed by atoms with van der Waals surface area (Å²) in [7, 11) is 0. The van der Waals surface area contributed by atoms with E-state index >= 15 is 0 Å². The highest BCUT2D eigenvalue weighted by Gasteiger charge is 2.19. The molecule has 1 aliphatic rings. The second kappa shape index (κ2) is 13.7. The molecule has 0 unspecified atom stereocenters. The number of nitrogens with one attached hydrogen (secondary N) is 1. The van der Waals surface area contributed by atoms with Crippen LogP contribution >= 0.6 is 0 Å². The molecule has 1 saturated carbocycles. The fourth-order valence-corrected chi connectivity index (χ4v) is 4.52. The van der Waals surface area contributed by atoms with Crippen molar-refractivity contribution in [1.82, 2.24) is 4.98 Å². The van der Waals surface area contributed by atoms with Crippen LogP contribution in [0.1, 0.15) is 78.1 Å².